The standard InChI is InChI=1S/C17H18ClN3O3S/c1-17(2,3)24-16(23)20-15-19-11-8-9-21(14(22)13(11)25-15)12-7-5-4-6-10(12)18/h4-7H,8-9H2,1-3H3,(H,19,20,23). The molecule has 132 valence electrons. The predicted octanol–water partition coefficient (Wildman–Crippen LogP) is 4.35. The van der Waals surface area contributed by atoms with Crippen molar-refractivity contribution in [3.63, 3.8) is 0 Å². The number of hydrogen-bond acceptors (Lipinski definition) is 5. The number of benzene rings is 1. The number of amides is 2. The van der Waals surface area contributed by atoms with Crippen molar-refractivity contribution in [3.05, 3.63) is 39.9 Å². The summed E-state index contributed by atoms with van der Waals surface area (Å²) in [5.41, 5.74) is 0.761. The van der Waals surface area contributed by atoms with E-state index >= 15 is 0 Å². The van der Waals surface area contributed by atoms with Crippen LogP contribution in [0.5, 0.6) is 0 Å². The lowest BCUT2D eigenvalue weighted by Gasteiger charge is -2.26. The molecule has 2 amide bonds. The first-order valence-electron chi connectivity index (χ1n) is 7.81. The number of hydrogen-bond donors (Lipinski definition) is 1. The highest BCUT2D eigenvalue weighted by Gasteiger charge is 2.31. The molecule has 1 aliphatic rings. The molecule has 0 bridgehead atoms. The van der Waals surface area contributed by atoms with Crippen LogP contribution >= 0.6 is 22.9 Å². The molecule has 3 rings (SSSR count). The monoisotopic (exact) mass is 379 g/mol. The molecular weight excluding hydrogens is 362 g/mol. The Morgan fingerprint density at radius 2 is 2.08 bits per heavy atom. The minimum absolute atomic E-state index is 0.163. The molecule has 8 heteroatoms. The molecule has 0 saturated heterocycles. The van der Waals surface area contributed by atoms with Crippen LogP contribution in [0.1, 0.15) is 36.1 Å². The Morgan fingerprint density at radius 1 is 1.36 bits per heavy atom. The van der Waals surface area contributed by atoms with Crippen molar-refractivity contribution in [2.24, 2.45) is 0 Å². The lowest BCUT2D eigenvalue weighted by molar-refractivity contribution is 0.0635. The van der Waals surface area contributed by atoms with Gasteiger partial charge in [-0.3, -0.25) is 10.1 Å². The highest BCUT2D eigenvalue weighted by atomic mass is 35.5. The van der Waals surface area contributed by atoms with E-state index in [1.165, 1.54) is 0 Å². The van der Waals surface area contributed by atoms with Crippen LogP contribution in [0.4, 0.5) is 15.6 Å². The zero-order valence-corrected chi connectivity index (χ0v) is 15.7. The number of thiazole rings is 1. The van der Waals surface area contributed by atoms with E-state index in [1.54, 1.807) is 31.7 Å². The molecule has 0 aliphatic carbocycles. The average Bonchev–Trinajstić information content (AvgIpc) is 2.90. The first kappa shape index (κ1) is 17.7. The second-order valence-electron chi connectivity index (χ2n) is 6.58. The van der Waals surface area contributed by atoms with Crippen molar-refractivity contribution in [3.8, 4) is 0 Å². The predicted molar refractivity (Wildman–Crippen MR) is 98.8 cm³/mol. The molecule has 0 radical (unpaired) electrons. The maximum absolute atomic E-state index is 12.8. The quantitative estimate of drug-likeness (QED) is 0.842. The van der Waals surface area contributed by atoms with Gasteiger partial charge in [-0.05, 0) is 32.9 Å². The Bertz CT molecular complexity index is 829. The van der Waals surface area contributed by atoms with E-state index < -0.39 is 11.7 Å². The minimum Gasteiger partial charge on any atom is -0.444 e. The number of ether oxygens (including phenoxy) is 1. The van der Waals surface area contributed by atoms with E-state index in [-0.39, 0.29) is 5.91 Å². The molecule has 2 aromatic rings. The van der Waals surface area contributed by atoms with Crippen LogP contribution in [-0.4, -0.2) is 29.1 Å². The van der Waals surface area contributed by atoms with Crippen LogP contribution in [0.3, 0.4) is 0 Å². The summed E-state index contributed by atoms with van der Waals surface area (Å²) in [6.07, 6.45) is 0.00714. The van der Waals surface area contributed by atoms with Crippen molar-refractivity contribution < 1.29 is 14.3 Å². The molecule has 6 nitrogen and oxygen atoms in total. The highest BCUT2D eigenvalue weighted by molar-refractivity contribution is 7.17. The number of halogens is 1. The van der Waals surface area contributed by atoms with E-state index in [1.807, 2.05) is 18.2 Å². The van der Waals surface area contributed by atoms with E-state index in [0.29, 0.717) is 39.4 Å². The van der Waals surface area contributed by atoms with Gasteiger partial charge in [-0.2, -0.15) is 0 Å². The maximum Gasteiger partial charge on any atom is 0.413 e. The summed E-state index contributed by atoms with van der Waals surface area (Å²) in [7, 11) is 0. The Hall–Kier alpha value is -2.12. The van der Waals surface area contributed by atoms with Gasteiger partial charge < -0.3 is 9.64 Å². The molecule has 1 aliphatic heterocycles. The topological polar surface area (TPSA) is 71.5 Å². The maximum atomic E-state index is 12.8. The van der Waals surface area contributed by atoms with Crippen LogP contribution in [0, 0.1) is 0 Å². The number of nitrogens with zero attached hydrogens (tertiary/aromatic N) is 2. The smallest absolute Gasteiger partial charge is 0.413 e. The minimum atomic E-state index is -0.600. The van der Waals surface area contributed by atoms with Gasteiger partial charge in [0.05, 0.1) is 16.4 Å². The zero-order valence-electron chi connectivity index (χ0n) is 14.1. The van der Waals surface area contributed by atoms with E-state index in [2.05, 4.69) is 10.3 Å². The summed E-state index contributed by atoms with van der Waals surface area (Å²) in [5, 5.41) is 3.47. The molecule has 0 atom stereocenters. The van der Waals surface area contributed by atoms with Crippen LogP contribution < -0.4 is 10.2 Å². The molecule has 0 spiro atoms. The van der Waals surface area contributed by atoms with Crippen LogP contribution in [0.15, 0.2) is 24.3 Å². The number of rotatable bonds is 2. The molecule has 25 heavy (non-hydrogen) atoms. The number of nitrogens with one attached hydrogen (secondary N) is 1. The van der Waals surface area contributed by atoms with Crippen molar-refractivity contribution in [1.82, 2.24) is 4.98 Å². The van der Waals surface area contributed by atoms with Gasteiger partial charge in [0.25, 0.3) is 5.91 Å². The van der Waals surface area contributed by atoms with Gasteiger partial charge in [0.15, 0.2) is 5.13 Å². The third kappa shape index (κ3) is 3.93. The number of aromatic nitrogens is 1. The van der Waals surface area contributed by atoms with E-state index in [0.717, 1.165) is 11.3 Å². The van der Waals surface area contributed by atoms with Gasteiger partial charge in [-0.1, -0.05) is 35.1 Å². The van der Waals surface area contributed by atoms with Crippen molar-refractivity contribution in [2.75, 3.05) is 16.8 Å². The number of fused-ring (bicyclic) bond motifs is 1. The molecule has 0 unspecified atom stereocenters. The summed E-state index contributed by atoms with van der Waals surface area (Å²) < 4.78 is 5.21. The molecule has 1 aromatic carbocycles. The summed E-state index contributed by atoms with van der Waals surface area (Å²) in [5.74, 6) is -0.163. The SMILES string of the molecule is CC(C)(C)OC(=O)Nc1nc2c(s1)C(=O)N(c1ccccc1Cl)CC2. The molecule has 0 fully saturated rings. The number of carbonyl (C=O) groups excluding carboxylic acids is 2. The fraction of sp³-hybridized carbons (Fsp3) is 0.353. The summed E-state index contributed by atoms with van der Waals surface area (Å²) in [4.78, 5) is 31.2. The van der Waals surface area contributed by atoms with E-state index in [4.69, 9.17) is 16.3 Å². The number of anilines is 2. The van der Waals surface area contributed by atoms with Gasteiger partial charge in [-0.25, -0.2) is 9.78 Å². The normalized spacial score (nSPS) is 14.2. The molecule has 1 aromatic heterocycles. The van der Waals surface area contributed by atoms with Crippen LogP contribution in [-0.2, 0) is 11.2 Å². The Labute approximate surface area is 154 Å². The third-order valence-electron chi connectivity index (χ3n) is 3.46. The van der Waals surface area contributed by atoms with E-state index in [9.17, 15) is 9.59 Å². The Balaban J connectivity index is 1.80. The van der Waals surface area contributed by atoms with Crippen molar-refractivity contribution in [1.29, 1.82) is 0 Å². The molecule has 2 heterocycles. The second kappa shape index (κ2) is 6.65. The van der Waals surface area contributed by atoms with Crippen LogP contribution in [0.25, 0.3) is 0 Å². The summed E-state index contributed by atoms with van der Waals surface area (Å²) >= 11 is 7.35. The lowest BCUT2D eigenvalue weighted by atomic mass is 10.1. The zero-order chi connectivity index (χ0) is 18.2. The third-order valence-corrected chi connectivity index (χ3v) is 4.78. The van der Waals surface area contributed by atoms with Crippen LogP contribution in [0.2, 0.25) is 5.02 Å². The Kier molecular flexibility index (Phi) is 4.71. The fourth-order valence-electron chi connectivity index (χ4n) is 2.47. The average molecular weight is 380 g/mol. The first-order valence-corrected chi connectivity index (χ1v) is 9.00. The summed E-state index contributed by atoms with van der Waals surface area (Å²) in [6.45, 7) is 5.84. The number of para-hydroxylation sites is 1. The number of carbonyl (C=O) groups is 2. The van der Waals surface area contributed by atoms with Gasteiger partial charge in [0, 0.05) is 13.0 Å². The van der Waals surface area contributed by atoms with Gasteiger partial charge in [0.1, 0.15) is 10.5 Å². The summed E-state index contributed by atoms with van der Waals surface area (Å²) in [6, 6.07) is 7.22. The lowest BCUT2D eigenvalue weighted by Crippen LogP contribution is -2.37. The largest absolute Gasteiger partial charge is 0.444 e. The molecular formula is C17H18ClN3O3S. The van der Waals surface area contributed by atoms with Gasteiger partial charge in [-0.15, -0.1) is 0 Å². The molecule has 0 saturated carbocycles. The van der Waals surface area contributed by atoms with Crippen molar-refractivity contribution >= 4 is 45.8 Å². The highest BCUT2D eigenvalue weighted by Crippen LogP contribution is 2.33. The van der Waals surface area contributed by atoms with Gasteiger partial charge >= 0.3 is 6.09 Å². The Morgan fingerprint density at radius 3 is 2.76 bits per heavy atom. The van der Waals surface area contributed by atoms with Crippen molar-refractivity contribution in [2.45, 2.75) is 32.8 Å². The fourth-order valence-corrected chi connectivity index (χ4v) is 3.66. The first-order chi connectivity index (χ1) is 11.7. The molecule has 1 N–H and O–H groups in total. The van der Waals surface area contributed by atoms with Gasteiger partial charge in [0.2, 0.25) is 0 Å². The second-order valence-corrected chi connectivity index (χ2v) is 7.99.